The molecule has 0 atom stereocenters. The molecule has 4 rings (SSSR count). The third-order valence-corrected chi connectivity index (χ3v) is 5.70. The Morgan fingerprint density at radius 3 is 2.88 bits per heavy atom. The second kappa shape index (κ2) is 7.03. The van der Waals surface area contributed by atoms with E-state index >= 15 is 0 Å². The maximum atomic E-state index is 12.7. The number of para-hydroxylation sites is 1. The highest BCUT2D eigenvalue weighted by Crippen LogP contribution is 2.29. The largest absolute Gasteiger partial charge is 0.335 e. The van der Waals surface area contributed by atoms with E-state index in [-0.39, 0.29) is 11.5 Å². The number of nitrogens with zero attached hydrogens (tertiary/aromatic N) is 3. The van der Waals surface area contributed by atoms with Crippen molar-refractivity contribution in [3.63, 3.8) is 0 Å². The van der Waals surface area contributed by atoms with E-state index in [9.17, 15) is 9.59 Å². The van der Waals surface area contributed by atoms with Crippen LogP contribution in [0.15, 0.2) is 46.8 Å². The number of amides is 1. The molecule has 0 N–H and O–H groups in total. The molecule has 1 amide bonds. The molecule has 0 saturated heterocycles. The lowest BCUT2D eigenvalue weighted by atomic mass is 10.1. The minimum Gasteiger partial charge on any atom is -0.335 e. The minimum atomic E-state index is -0.0808. The van der Waals surface area contributed by atoms with E-state index in [2.05, 4.69) is 11.1 Å². The predicted molar refractivity (Wildman–Crippen MR) is 103 cm³/mol. The van der Waals surface area contributed by atoms with Crippen molar-refractivity contribution in [3.8, 4) is 0 Å². The summed E-state index contributed by atoms with van der Waals surface area (Å²) in [6.07, 6.45) is 4.04. The SMILES string of the molecule is Cc1cccc2c(=O)n(CCC(=O)N(Cc3cccs3)C3CC3)cnc12. The van der Waals surface area contributed by atoms with Gasteiger partial charge in [-0.05, 0) is 42.8 Å². The Labute approximate surface area is 155 Å². The van der Waals surface area contributed by atoms with E-state index in [1.165, 1.54) is 4.88 Å². The number of carbonyl (C=O) groups is 1. The van der Waals surface area contributed by atoms with Gasteiger partial charge in [0.15, 0.2) is 0 Å². The lowest BCUT2D eigenvalue weighted by Crippen LogP contribution is -2.33. The minimum absolute atomic E-state index is 0.0808. The molecule has 1 aliphatic rings. The molecule has 5 nitrogen and oxygen atoms in total. The maximum Gasteiger partial charge on any atom is 0.261 e. The Bertz CT molecular complexity index is 990. The zero-order valence-electron chi connectivity index (χ0n) is 14.7. The molecule has 2 aromatic heterocycles. The average molecular weight is 367 g/mol. The van der Waals surface area contributed by atoms with Crippen LogP contribution in [0.1, 0.15) is 29.7 Å². The van der Waals surface area contributed by atoms with Crippen molar-refractivity contribution in [1.82, 2.24) is 14.5 Å². The smallest absolute Gasteiger partial charge is 0.261 e. The summed E-state index contributed by atoms with van der Waals surface area (Å²) in [5.41, 5.74) is 1.64. The first kappa shape index (κ1) is 17.0. The first-order valence-corrected chi connectivity index (χ1v) is 9.78. The second-order valence-electron chi connectivity index (χ2n) is 6.80. The number of aryl methyl sites for hydroxylation is 2. The highest BCUT2D eigenvalue weighted by Gasteiger charge is 2.32. The Morgan fingerprint density at radius 1 is 1.31 bits per heavy atom. The van der Waals surface area contributed by atoms with Crippen molar-refractivity contribution in [2.75, 3.05) is 0 Å². The van der Waals surface area contributed by atoms with Gasteiger partial charge in [-0.25, -0.2) is 4.98 Å². The van der Waals surface area contributed by atoms with Crippen LogP contribution in [0.4, 0.5) is 0 Å². The van der Waals surface area contributed by atoms with Crippen molar-refractivity contribution < 1.29 is 4.79 Å². The van der Waals surface area contributed by atoms with Gasteiger partial charge in [0, 0.05) is 23.9 Å². The molecule has 1 fully saturated rings. The summed E-state index contributed by atoms with van der Waals surface area (Å²) in [6, 6.07) is 10.0. The molecule has 0 radical (unpaired) electrons. The van der Waals surface area contributed by atoms with Gasteiger partial charge in [0.25, 0.3) is 5.56 Å². The summed E-state index contributed by atoms with van der Waals surface area (Å²) >= 11 is 1.67. The summed E-state index contributed by atoms with van der Waals surface area (Å²) in [6.45, 7) is 2.98. The van der Waals surface area contributed by atoms with E-state index in [4.69, 9.17) is 0 Å². The third kappa shape index (κ3) is 3.42. The Kier molecular flexibility index (Phi) is 4.59. The van der Waals surface area contributed by atoms with Crippen LogP contribution in [0.5, 0.6) is 0 Å². The van der Waals surface area contributed by atoms with Gasteiger partial charge in [0.1, 0.15) is 0 Å². The van der Waals surface area contributed by atoms with Gasteiger partial charge in [-0.3, -0.25) is 14.2 Å². The molecule has 0 bridgehead atoms. The van der Waals surface area contributed by atoms with E-state index < -0.39 is 0 Å². The van der Waals surface area contributed by atoms with Crippen molar-refractivity contribution in [2.24, 2.45) is 0 Å². The van der Waals surface area contributed by atoms with E-state index in [0.717, 1.165) is 23.9 Å². The first-order chi connectivity index (χ1) is 12.6. The molecular formula is C20H21N3O2S. The number of hydrogen-bond donors (Lipinski definition) is 0. The number of thiophene rings is 1. The second-order valence-corrected chi connectivity index (χ2v) is 7.83. The Hall–Kier alpha value is -2.47. The molecule has 0 spiro atoms. The fraction of sp³-hybridized carbons (Fsp3) is 0.350. The van der Waals surface area contributed by atoms with Gasteiger partial charge in [-0.15, -0.1) is 11.3 Å². The van der Waals surface area contributed by atoms with Crippen LogP contribution in [0.2, 0.25) is 0 Å². The fourth-order valence-electron chi connectivity index (χ4n) is 3.23. The van der Waals surface area contributed by atoms with Crippen LogP contribution in [0, 0.1) is 6.92 Å². The van der Waals surface area contributed by atoms with Crippen molar-refractivity contribution in [3.05, 3.63) is 62.8 Å². The van der Waals surface area contributed by atoms with Gasteiger partial charge in [-0.2, -0.15) is 0 Å². The van der Waals surface area contributed by atoms with Crippen LogP contribution in [-0.4, -0.2) is 26.4 Å². The molecule has 0 aliphatic heterocycles. The number of aromatic nitrogens is 2. The molecule has 1 aliphatic carbocycles. The zero-order valence-corrected chi connectivity index (χ0v) is 15.5. The van der Waals surface area contributed by atoms with E-state index in [0.29, 0.717) is 30.9 Å². The molecular weight excluding hydrogens is 346 g/mol. The Morgan fingerprint density at radius 2 is 2.15 bits per heavy atom. The first-order valence-electron chi connectivity index (χ1n) is 8.90. The van der Waals surface area contributed by atoms with Crippen LogP contribution >= 0.6 is 11.3 Å². The summed E-state index contributed by atoms with van der Waals surface area (Å²) in [5.74, 6) is 0.108. The number of rotatable bonds is 6. The van der Waals surface area contributed by atoms with Gasteiger partial charge in [0.2, 0.25) is 5.91 Å². The standard InChI is InChI=1S/C20H21N3O2S/c1-14-4-2-6-17-19(14)21-13-22(20(17)25)10-9-18(24)23(15-7-8-15)12-16-5-3-11-26-16/h2-6,11,13,15H,7-10,12H2,1H3. The molecule has 6 heteroatoms. The summed E-state index contributed by atoms with van der Waals surface area (Å²) < 4.78 is 1.55. The van der Waals surface area contributed by atoms with Gasteiger partial charge in [0.05, 0.1) is 23.8 Å². The summed E-state index contributed by atoms with van der Waals surface area (Å²) in [5, 5.41) is 2.64. The van der Waals surface area contributed by atoms with Gasteiger partial charge in [-0.1, -0.05) is 18.2 Å². The zero-order chi connectivity index (χ0) is 18.1. The third-order valence-electron chi connectivity index (χ3n) is 4.84. The molecule has 0 unspecified atom stereocenters. The lowest BCUT2D eigenvalue weighted by Gasteiger charge is -2.22. The molecule has 3 aromatic rings. The molecule has 26 heavy (non-hydrogen) atoms. The monoisotopic (exact) mass is 367 g/mol. The highest BCUT2D eigenvalue weighted by molar-refractivity contribution is 7.09. The molecule has 1 saturated carbocycles. The number of carbonyl (C=O) groups excluding carboxylic acids is 1. The van der Waals surface area contributed by atoms with Gasteiger partial charge < -0.3 is 4.90 Å². The maximum absolute atomic E-state index is 12.7. The summed E-state index contributed by atoms with van der Waals surface area (Å²) in [4.78, 5) is 33.0. The van der Waals surface area contributed by atoms with Gasteiger partial charge >= 0.3 is 0 Å². The molecule has 2 heterocycles. The Balaban J connectivity index is 1.49. The number of fused-ring (bicyclic) bond motifs is 1. The van der Waals surface area contributed by atoms with E-state index in [1.807, 2.05) is 35.4 Å². The van der Waals surface area contributed by atoms with Crippen LogP contribution in [0.25, 0.3) is 10.9 Å². The van der Waals surface area contributed by atoms with Crippen molar-refractivity contribution in [1.29, 1.82) is 0 Å². The van der Waals surface area contributed by atoms with E-state index in [1.54, 1.807) is 28.3 Å². The fourth-order valence-corrected chi connectivity index (χ4v) is 3.94. The van der Waals surface area contributed by atoms with Crippen LogP contribution < -0.4 is 5.56 Å². The summed E-state index contributed by atoms with van der Waals surface area (Å²) in [7, 11) is 0. The highest BCUT2D eigenvalue weighted by atomic mass is 32.1. The van der Waals surface area contributed by atoms with Crippen molar-refractivity contribution in [2.45, 2.75) is 45.3 Å². The molecule has 134 valence electrons. The van der Waals surface area contributed by atoms with Crippen LogP contribution in [-0.2, 0) is 17.9 Å². The van der Waals surface area contributed by atoms with Crippen LogP contribution in [0.3, 0.4) is 0 Å². The number of benzene rings is 1. The number of hydrogen-bond acceptors (Lipinski definition) is 4. The predicted octanol–water partition coefficient (Wildman–Crippen LogP) is 3.35. The quantitative estimate of drug-likeness (QED) is 0.671. The molecule has 1 aromatic carbocycles. The van der Waals surface area contributed by atoms with Crippen molar-refractivity contribution >= 4 is 28.1 Å². The lowest BCUT2D eigenvalue weighted by molar-refractivity contribution is -0.132. The average Bonchev–Trinajstić information content (AvgIpc) is 3.35. The topological polar surface area (TPSA) is 55.2 Å². The normalized spacial score (nSPS) is 13.9.